The van der Waals surface area contributed by atoms with Gasteiger partial charge in [-0.1, -0.05) is 48.5 Å². The van der Waals surface area contributed by atoms with Crippen LogP contribution in [0, 0.1) is 5.82 Å². The van der Waals surface area contributed by atoms with E-state index < -0.39 is 114 Å². The van der Waals surface area contributed by atoms with Gasteiger partial charge >= 0.3 is 18.3 Å². The second-order valence-electron chi connectivity index (χ2n) is 16.0. The van der Waals surface area contributed by atoms with Gasteiger partial charge in [0.15, 0.2) is 0 Å². The fourth-order valence-electron chi connectivity index (χ4n) is 7.25. The van der Waals surface area contributed by atoms with Crippen LogP contribution in [0.1, 0.15) is 40.3 Å². The van der Waals surface area contributed by atoms with Crippen LogP contribution in [0.25, 0.3) is 21.8 Å². The van der Waals surface area contributed by atoms with Crippen molar-refractivity contribution in [3.05, 3.63) is 143 Å². The highest BCUT2D eigenvalue weighted by Gasteiger charge is 2.37. The average molecular weight is 967 g/mol. The Labute approximate surface area is 388 Å². The van der Waals surface area contributed by atoms with Gasteiger partial charge in [0.1, 0.15) is 30.5 Å². The number of alkyl halides is 6. The number of hydrogen-bond donors (Lipinski definition) is 8. The molecule has 364 valence electrons. The molecule has 0 spiro atoms. The first-order chi connectivity index (χ1) is 32.6. The van der Waals surface area contributed by atoms with Crippen molar-refractivity contribution in [3.8, 4) is 0 Å². The van der Waals surface area contributed by atoms with Gasteiger partial charge in [0.25, 0.3) is 0 Å². The monoisotopic (exact) mass is 966 g/mol. The van der Waals surface area contributed by atoms with Crippen LogP contribution in [0.3, 0.4) is 0 Å². The summed E-state index contributed by atoms with van der Waals surface area (Å²) in [6, 6.07) is 14.7. The molecule has 5 amide bonds. The molecule has 4 atom stereocenters. The summed E-state index contributed by atoms with van der Waals surface area (Å²) in [4.78, 5) is 85.4. The normalized spacial score (nSPS) is 13.5. The number of ether oxygens (including phenoxy) is 1. The molecule has 0 aliphatic carbocycles. The summed E-state index contributed by atoms with van der Waals surface area (Å²) in [5, 5.41) is 13.5. The van der Waals surface area contributed by atoms with Crippen molar-refractivity contribution in [2.75, 3.05) is 13.1 Å². The molecule has 2 aromatic heterocycles. The van der Waals surface area contributed by atoms with E-state index in [4.69, 9.17) is 10.5 Å². The third-order valence-electron chi connectivity index (χ3n) is 10.8. The number of nitrogens with one attached hydrogen (secondary N) is 7. The van der Waals surface area contributed by atoms with Gasteiger partial charge in [-0.2, -0.15) is 26.3 Å². The summed E-state index contributed by atoms with van der Waals surface area (Å²) in [5.74, 6) is -6.06. The molecule has 9 N–H and O–H groups in total. The molecule has 0 unspecified atom stereocenters. The molecule has 0 aliphatic heterocycles. The van der Waals surface area contributed by atoms with Gasteiger partial charge in [0.05, 0.1) is 30.3 Å². The third-order valence-corrected chi connectivity index (χ3v) is 10.8. The maximum atomic E-state index is 13.7. The zero-order chi connectivity index (χ0) is 50.0. The van der Waals surface area contributed by atoms with Crippen molar-refractivity contribution in [3.63, 3.8) is 0 Å². The lowest BCUT2D eigenvalue weighted by atomic mass is 10.0. The largest absolute Gasteiger partial charge is 0.459 e. The standard InChI is InChI=1S/C47H45F7N8O7/c1-25(60-43(66)35(55)17-28-20-56-36-8-4-2-6-33(28)36)42(65)58-22-40(63)61-38(16-26-10-12-32(48)13-11-26)44(67)59-23-41(64)62-39(18-29-21-57-37-9-5-3-7-34(29)37)45(68)69-24-27-14-30(46(49,50)51)19-31(15-27)47(52,53)54/h2-15,19-21,25,35,38-39,56-57H,16-18,22-24,55H2,1H3,(H,58,65)(H,59,67)(H,60,66)(H,61,63)(H,62,64)/t25-,35+,38+,39+/m1/s1. The summed E-state index contributed by atoms with van der Waals surface area (Å²) < 4.78 is 99.9. The van der Waals surface area contributed by atoms with E-state index in [1.165, 1.54) is 25.3 Å². The SMILES string of the molecule is C[C@@H](NC(=O)[C@@H](N)Cc1c[nH]c2ccccc12)C(=O)NCC(=O)N[C@@H](Cc1ccc(F)cc1)C(=O)NCC(=O)N[C@@H](Cc1c[nH]c2ccccc12)C(=O)OCc1cc(C(F)(F)F)cc(C(F)(F)F)c1. The molecular formula is C47H45F7N8O7. The highest BCUT2D eigenvalue weighted by Crippen LogP contribution is 2.36. The number of benzene rings is 4. The Balaban J connectivity index is 1.08. The fourth-order valence-corrected chi connectivity index (χ4v) is 7.25. The van der Waals surface area contributed by atoms with E-state index in [1.807, 2.05) is 24.3 Å². The Kier molecular flexibility index (Phi) is 16.1. The summed E-state index contributed by atoms with van der Waals surface area (Å²) in [7, 11) is 0. The number of H-pyrrole nitrogens is 2. The van der Waals surface area contributed by atoms with Crippen molar-refractivity contribution in [2.45, 2.75) is 69.3 Å². The van der Waals surface area contributed by atoms with E-state index in [0.29, 0.717) is 34.2 Å². The van der Waals surface area contributed by atoms with Crippen molar-refractivity contribution in [2.24, 2.45) is 5.73 Å². The van der Waals surface area contributed by atoms with Crippen molar-refractivity contribution in [1.29, 1.82) is 0 Å². The molecule has 6 rings (SSSR count). The number of hydrogen-bond acceptors (Lipinski definition) is 8. The van der Waals surface area contributed by atoms with E-state index >= 15 is 0 Å². The van der Waals surface area contributed by atoms with Crippen LogP contribution in [0.5, 0.6) is 0 Å². The van der Waals surface area contributed by atoms with E-state index in [2.05, 4.69) is 36.6 Å². The lowest BCUT2D eigenvalue weighted by molar-refractivity contribution is -0.149. The summed E-state index contributed by atoms with van der Waals surface area (Å²) in [5.41, 5.74) is 5.35. The zero-order valence-corrected chi connectivity index (χ0v) is 36.4. The molecule has 0 radical (unpaired) electrons. The van der Waals surface area contributed by atoms with Crippen LogP contribution < -0.4 is 32.3 Å². The number of para-hydroxylation sites is 2. The Hall–Kier alpha value is -7.75. The quantitative estimate of drug-likeness (QED) is 0.0421. The maximum absolute atomic E-state index is 13.7. The molecule has 0 saturated carbocycles. The Morgan fingerprint density at radius 3 is 1.67 bits per heavy atom. The predicted octanol–water partition coefficient (Wildman–Crippen LogP) is 4.63. The maximum Gasteiger partial charge on any atom is 0.416 e. The molecule has 0 bridgehead atoms. The van der Waals surface area contributed by atoms with Crippen molar-refractivity contribution < 1.29 is 64.2 Å². The molecule has 0 saturated heterocycles. The third kappa shape index (κ3) is 13.9. The minimum Gasteiger partial charge on any atom is -0.459 e. The number of nitrogens with two attached hydrogens (primary N) is 1. The van der Waals surface area contributed by atoms with Crippen LogP contribution in [-0.2, 0) is 71.7 Å². The number of fused-ring (bicyclic) bond motifs is 2. The van der Waals surface area contributed by atoms with E-state index in [-0.39, 0.29) is 25.3 Å². The van der Waals surface area contributed by atoms with E-state index in [1.54, 1.807) is 30.5 Å². The average Bonchev–Trinajstić information content (AvgIpc) is 3.92. The van der Waals surface area contributed by atoms with Gasteiger partial charge in [0, 0.05) is 47.0 Å². The highest BCUT2D eigenvalue weighted by atomic mass is 19.4. The molecule has 22 heteroatoms. The van der Waals surface area contributed by atoms with Gasteiger partial charge in [-0.05, 0) is 78.1 Å². The highest BCUT2D eigenvalue weighted by molar-refractivity contribution is 5.95. The number of aromatic nitrogens is 2. The van der Waals surface area contributed by atoms with Crippen LogP contribution in [0.15, 0.2) is 103 Å². The molecule has 4 aromatic carbocycles. The summed E-state index contributed by atoms with van der Waals surface area (Å²) in [6.45, 7) is -1.18. The van der Waals surface area contributed by atoms with Gasteiger partial charge in [-0.3, -0.25) is 24.0 Å². The number of rotatable bonds is 19. The number of carbonyl (C=O) groups is 6. The van der Waals surface area contributed by atoms with Crippen LogP contribution in [-0.4, -0.2) is 82.7 Å². The molecule has 15 nitrogen and oxygen atoms in total. The minimum atomic E-state index is -5.16. The second-order valence-corrected chi connectivity index (χ2v) is 16.0. The molecule has 69 heavy (non-hydrogen) atoms. The molecule has 6 aromatic rings. The first kappa shape index (κ1) is 50.7. The number of amides is 5. The zero-order valence-electron chi connectivity index (χ0n) is 36.4. The number of esters is 1. The number of halogens is 7. The Morgan fingerprint density at radius 1 is 0.609 bits per heavy atom. The topological polar surface area (TPSA) is 229 Å². The Bertz CT molecular complexity index is 2790. The van der Waals surface area contributed by atoms with Gasteiger partial charge in [0.2, 0.25) is 29.5 Å². The van der Waals surface area contributed by atoms with Crippen LogP contribution in [0.4, 0.5) is 30.7 Å². The van der Waals surface area contributed by atoms with Crippen LogP contribution in [0.2, 0.25) is 0 Å². The van der Waals surface area contributed by atoms with Gasteiger partial charge in [-0.15, -0.1) is 0 Å². The van der Waals surface area contributed by atoms with Gasteiger partial charge in [-0.25, -0.2) is 9.18 Å². The first-order valence-electron chi connectivity index (χ1n) is 21.1. The molecule has 2 heterocycles. The van der Waals surface area contributed by atoms with E-state index in [9.17, 15) is 59.5 Å². The Morgan fingerprint density at radius 2 is 1.12 bits per heavy atom. The molecule has 0 fully saturated rings. The number of aromatic amines is 2. The van der Waals surface area contributed by atoms with E-state index in [0.717, 1.165) is 28.6 Å². The molecule has 0 aliphatic rings. The van der Waals surface area contributed by atoms with Gasteiger partial charge < -0.3 is 47.0 Å². The van der Waals surface area contributed by atoms with Crippen molar-refractivity contribution in [1.82, 2.24) is 36.6 Å². The fraction of sp³-hybridized carbons (Fsp3) is 0.277. The lowest BCUT2D eigenvalue weighted by Crippen LogP contribution is -2.54. The smallest absolute Gasteiger partial charge is 0.416 e. The second kappa shape index (κ2) is 21.9. The van der Waals surface area contributed by atoms with Crippen molar-refractivity contribution >= 4 is 57.3 Å². The summed E-state index contributed by atoms with van der Waals surface area (Å²) >= 11 is 0. The lowest BCUT2D eigenvalue weighted by Gasteiger charge is -2.21. The molecular weight excluding hydrogens is 922 g/mol. The summed E-state index contributed by atoms with van der Waals surface area (Å²) in [6.07, 6.45) is -7.44. The van der Waals surface area contributed by atoms with Crippen LogP contribution >= 0.6 is 0 Å². The first-order valence-corrected chi connectivity index (χ1v) is 21.1. The number of carbonyl (C=O) groups excluding carboxylic acids is 6. The minimum absolute atomic E-state index is 0.0799. The predicted molar refractivity (Wildman–Crippen MR) is 236 cm³/mol.